The van der Waals surface area contributed by atoms with E-state index in [9.17, 15) is 4.79 Å². The van der Waals surface area contributed by atoms with Gasteiger partial charge < -0.3 is 4.90 Å². The second-order valence-corrected chi connectivity index (χ2v) is 5.60. The second-order valence-electron chi connectivity index (χ2n) is 5.60. The van der Waals surface area contributed by atoms with Crippen LogP contribution in [0.1, 0.15) is 35.8 Å². The number of amides is 1. The van der Waals surface area contributed by atoms with E-state index in [-0.39, 0.29) is 11.3 Å². The summed E-state index contributed by atoms with van der Waals surface area (Å²) in [6.07, 6.45) is 7.14. The first-order valence-corrected chi connectivity index (χ1v) is 6.88. The van der Waals surface area contributed by atoms with E-state index in [2.05, 4.69) is 22.1 Å². The summed E-state index contributed by atoms with van der Waals surface area (Å²) in [7, 11) is 0. The van der Waals surface area contributed by atoms with Gasteiger partial charge in [-0.15, -0.1) is 0 Å². The molecule has 1 amide bonds. The predicted octanol–water partition coefficient (Wildman–Crippen LogP) is 2.00. The minimum absolute atomic E-state index is 0.0490. The second kappa shape index (κ2) is 5.07. The van der Waals surface area contributed by atoms with Crippen molar-refractivity contribution in [2.45, 2.75) is 25.2 Å². The van der Waals surface area contributed by atoms with Gasteiger partial charge in [0.25, 0.3) is 5.91 Å². The molecule has 0 saturated carbocycles. The van der Waals surface area contributed by atoms with Crippen LogP contribution in [0.3, 0.4) is 0 Å². The summed E-state index contributed by atoms with van der Waals surface area (Å²) in [5.74, 6) is 0.0588. The molecule has 0 aliphatic carbocycles. The van der Waals surface area contributed by atoms with Crippen molar-refractivity contribution in [3.05, 3.63) is 48.0 Å². The largest absolute Gasteiger partial charge is 0.338 e. The molecule has 1 aliphatic heterocycles. The summed E-state index contributed by atoms with van der Waals surface area (Å²) in [6.45, 7) is 3.70. The minimum Gasteiger partial charge on any atom is -0.338 e. The fourth-order valence-electron chi connectivity index (χ4n) is 2.90. The van der Waals surface area contributed by atoms with E-state index >= 15 is 0 Å². The average molecular weight is 270 g/mol. The molecule has 1 atom stereocenters. The van der Waals surface area contributed by atoms with E-state index in [4.69, 9.17) is 0 Å². The van der Waals surface area contributed by atoms with Gasteiger partial charge >= 0.3 is 0 Å². The Morgan fingerprint density at radius 1 is 1.40 bits per heavy atom. The molecule has 5 nitrogen and oxygen atoms in total. The Morgan fingerprint density at radius 3 is 3.00 bits per heavy atom. The lowest BCUT2D eigenvalue weighted by Crippen LogP contribution is -2.47. The summed E-state index contributed by atoms with van der Waals surface area (Å²) in [5.41, 5.74) is 1.70. The number of aromatic nitrogens is 3. The normalized spacial score (nSPS) is 22.8. The number of piperidine rings is 1. The first-order valence-electron chi connectivity index (χ1n) is 6.88. The molecule has 20 heavy (non-hydrogen) atoms. The van der Waals surface area contributed by atoms with Gasteiger partial charge in [0.05, 0.1) is 5.56 Å². The van der Waals surface area contributed by atoms with Crippen molar-refractivity contribution in [1.29, 1.82) is 0 Å². The zero-order valence-corrected chi connectivity index (χ0v) is 11.5. The molecule has 104 valence electrons. The molecule has 2 aromatic heterocycles. The van der Waals surface area contributed by atoms with Crippen LogP contribution < -0.4 is 0 Å². The number of hydrogen-bond donors (Lipinski definition) is 1. The van der Waals surface area contributed by atoms with E-state index in [1.807, 2.05) is 17.0 Å². The molecule has 1 N–H and O–H groups in total. The van der Waals surface area contributed by atoms with E-state index < -0.39 is 0 Å². The van der Waals surface area contributed by atoms with Crippen molar-refractivity contribution in [1.82, 2.24) is 20.1 Å². The quantitative estimate of drug-likeness (QED) is 0.908. The topological polar surface area (TPSA) is 61.9 Å². The highest BCUT2D eigenvalue weighted by Crippen LogP contribution is 2.32. The summed E-state index contributed by atoms with van der Waals surface area (Å²) in [6, 6.07) is 5.61. The third kappa shape index (κ3) is 2.31. The van der Waals surface area contributed by atoms with Gasteiger partial charge in [-0.05, 0) is 31.0 Å². The maximum absolute atomic E-state index is 12.5. The molecule has 3 rings (SSSR count). The third-order valence-corrected chi connectivity index (χ3v) is 4.04. The first-order chi connectivity index (χ1) is 9.69. The van der Waals surface area contributed by atoms with E-state index in [1.54, 1.807) is 24.7 Å². The van der Waals surface area contributed by atoms with Crippen LogP contribution in [-0.2, 0) is 5.41 Å². The van der Waals surface area contributed by atoms with E-state index in [0.717, 1.165) is 25.1 Å². The Bertz CT molecular complexity index is 581. The van der Waals surface area contributed by atoms with Crippen LogP contribution in [-0.4, -0.2) is 39.1 Å². The number of pyridine rings is 1. The van der Waals surface area contributed by atoms with Crippen molar-refractivity contribution >= 4 is 5.91 Å². The van der Waals surface area contributed by atoms with Gasteiger partial charge in [-0.3, -0.25) is 14.9 Å². The molecule has 1 aliphatic rings. The lowest BCUT2D eigenvalue weighted by Gasteiger charge is -2.39. The fraction of sp³-hybridized carbons (Fsp3) is 0.400. The Labute approximate surface area is 118 Å². The maximum Gasteiger partial charge on any atom is 0.255 e. The minimum atomic E-state index is -0.0490. The molecular formula is C15H18N4O. The number of rotatable bonds is 2. The highest BCUT2D eigenvalue weighted by molar-refractivity contribution is 5.94. The van der Waals surface area contributed by atoms with Crippen LogP contribution >= 0.6 is 0 Å². The van der Waals surface area contributed by atoms with Crippen molar-refractivity contribution < 1.29 is 4.79 Å². The zero-order chi connectivity index (χ0) is 14.0. The Hall–Kier alpha value is -2.17. The summed E-state index contributed by atoms with van der Waals surface area (Å²) in [5, 5.41) is 7.08. The van der Waals surface area contributed by atoms with Crippen LogP contribution in [0.5, 0.6) is 0 Å². The number of hydrogen-bond acceptors (Lipinski definition) is 3. The summed E-state index contributed by atoms with van der Waals surface area (Å²) < 4.78 is 0. The molecule has 3 heterocycles. The molecule has 0 unspecified atom stereocenters. The van der Waals surface area contributed by atoms with E-state index in [0.29, 0.717) is 12.1 Å². The van der Waals surface area contributed by atoms with Crippen LogP contribution in [0, 0.1) is 0 Å². The molecule has 5 heteroatoms. The summed E-state index contributed by atoms with van der Waals surface area (Å²) >= 11 is 0. The Balaban J connectivity index is 1.81. The van der Waals surface area contributed by atoms with Gasteiger partial charge in [0, 0.05) is 42.8 Å². The molecule has 0 spiro atoms. The predicted molar refractivity (Wildman–Crippen MR) is 75.3 cm³/mol. The van der Waals surface area contributed by atoms with Crippen molar-refractivity contribution in [3.8, 4) is 0 Å². The Morgan fingerprint density at radius 2 is 2.30 bits per heavy atom. The van der Waals surface area contributed by atoms with Gasteiger partial charge in [0.1, 0.15) is 0 Å². The van der Waals surface area contributed by atoms with Crippen LogP contribution in [0.15, 0.2) is 36.8 Å². The first kappa shape index (κ1) is 12.8. The molecule has 1 saturated heterocycles. The molecule has 1 fully saturated rings. The van der Waals surface area contributed by atoms with E-state index in [1.165, 1.54) is 0 Å². The van der Waals surface area contributed by atoms with Crippen LogP contribution in [0.2, 0.25) is 0 Å². The van der Waals surface area contributed by atoms with Crippen LogP contribution in [0.25, 0.3) is 0 Å². The molecule has 0 radical (unpaired) electrons. The molecule has 0 aromatic carbocycles. The number of carbonyl (C=O) groups is 1. The van der Waals surface area contributed by atoms with Crippen molar-refractivity contribution in [2.75, 3.05) is 13.1 Å². The molecule has 0 bridgehead atoms. The number of likely N-dealkylation sites (tertiary alicyclic amines) is 1. The van der Waals surface area contributed by atoms with Gasteiger partial charge in [-0.1, -0.05) is 6.92 Å². The lowest BCUT2D eigenvalue weighted by molar-refractivity contribution is 0.0647. The average Bonchev–Trinajstić information content (AvgIpc) is 3.02. The molecular weight excluding hydrogens is 252 g/mol. The number of nitrogens with one attached hydrogen (secondary N) is 1. The van der Waals surface area contributed by atoms with Crippen LogP contribution in [0.4, 0.5) is 0 Å². The van der Waals surface area contributed by atoms with Crippen molar-refractivity contribution in [3.63, 3.8) is 0 Å². The Kier molecular flexibility index (Phi) is 3.26. The third-order valence-electron chi connectivity index (χ3n) is 4.04. The monoisotopic (exact) mass is 270 g/mol. The number of H-pyrrole nitrogens is 1. The van der Waals surface area contributed by atoms with Gasteiger partial charge in [-0.2, -0.15) is 5.10 Å². The van der Waals surface area contributed by atoms with Crippen molar-refractivity contribution in [2.24, 2.45) is 0 Å². The van der Waals surface area contributed by atoms with Gasteiger partial charge in [-0.25, -0.2) is 0 Å². The number of aromatic amines is 1. The maximum atomic E-state index is 12.5. The zero-order valence-electron chi connectivity index (χ0n) is 11.5. The highest BCUT2D eigenvalue weighted by atomic mass is 16.2. The lowest BCUT2D eigenvalue weighted by atomic mass is 9.79. The standard InChI is InChI=1S/C15H18N4O/c1-15(13-5-8-17-18-13)6-3-9-19(11-15)14(20)12-4-2-7-16-10-12/h2,4-5,7-8,10H,3,6,9,11H2,1H3,(H,17,18)/t15-/m0/s1. The number of nitrogens with zero attached hydrogens (tertiary/aromatic N) is 3. The number of carbonyl (C=O) groups excluding carboxylic acids is 1. The fourth-order valence-corrected chi connectivity index (χ4v) is 2.90. The molecule has 2 aromatic rings. The SMILES string of the molecule is C[C@]1(c2ccn[nH]2)CCCN(C(=O)c2cccnc2)C1. The smallest absolute Gasteiger partial charge is 0.255 e. The summed E-state index contributed by atoms with van der Waals surface area (Å²) in [4.78, 5) is 18.5. The van der Waals surface area contributed by atoms with Gasteiger partial charge in [0.15, 0.2) is 0 Å². The van der Waals surface area contributed by atoms with Gasteiger partial charge in [0.2, 0.25) is 0 Å². The highest BCUT2D eigenvalue weighted by Gasteiger charge is 2.35.